The maximum atomic E-state index is 14.4. The predicted molar refractivity (Wildman–Crippen MR) is 128 cm³/mol. The van der Waals surface area contributed by atoms with Crippen molar-refractivity contribution < 1.29 is 13.9 Å². The fraction of sp³-hybridized carbons (Fsp3) is 0.400. The Morgan fingerprint density at radius 3 is 2.79 bits per heavy atom. The van der Waals surface area contributed by atoms with Crippen LogP contribution < -0.4 is 15.4 Å². The molecule has 9 heteroatoms. The van der Waals surface area contributed by atoms with Gasteiger partial charge in [-0.2, -0.15) is 5.10 Å². The molecule has 0 saturated carbocycles. The van der Waals surface area contributed by atoms with E-state index < -0.39 is 0 Å². The van der Waals surface area contributed by atoms with Crippen LogP contribution in [0.3, 0.4) is 0 Å². The molecule has 178 valence electrons. The number of aromatic nitrogens is 3. The number of halogens is 1. The molecule has 1 aromatic carbocycles. The van der Waals surface area contributed by atoms with Crippen LogP contribution in [-0.4, -0.2) is 46.3 Å². The van der Waals surface area contributed by atoms with Crippen molar-refractivity contribution in [1.82, 2.24) is 19.7 Å². The average molecular weight is 465 g/mol. The molecule has 0 radical (unpaired) electrons. The number of ether oxygens (including phenoxy) is 1. The molecule has 2 N–H and O–H groups in total. The van der Waals surface area contributed by atoms with Gasteiger partial charge in [-0.3, -0.25) is 4.79 Å². The molecule has 5 rings (SSSR count). The first-order valence-electron chi connectivity index (χ1n) is 11.5. The van der Waals surface area contributed by atoms with E-state index in [9.17, 15) is 9.18 Å². The van der Waals surface area contributed by atoms with Crippen molar-refractivity contribution in [3.8, 4) is 17.0 Å². The van der Waals surface area contributed by atoms with Gasteiger partial charge in [-0.25, -0.2) is 14.1 Å². The van der Waals surface area contributed by atoms with Gasteiger partial charge in [-0.1, -0.05) is 0 Å². The van der Waals surface area contributed by atoms with Crippen LogP contribution in [0.1, 0.15) is 60.4 Å². The third-order valence-corrected chi connectivity index (χ3v) is 6.71. The fourth-order valence-electron chi connectivity index (χ4n) is 5.12. The van der Waals surface area contributed by atoms with Crippen molar-refractivity contribution in [3.05, 3.63) is 53.1 Å². The van der Waals surface area contributed by atoms with Crippen LogP contribution in [0.5, 0.6) is 5.88 Å². The Labute approximate surface area is 198 Å². The molecule has 1 amide bonds. The Hall–Kier alpha value is -3.62. The maximum absolute atomic E-state index is 14.4. The lowest BCUT2D eigenvalue weighted by Crippen LogP contribution is -2.31. The van der Waals surface area contributed by atoms with Gasteiger partial charge in [0.05, 0.1) is 42.7 Å². The Morgan fingerprint density at radius 1 is 1.26 bits per heavy atom. The second kappa shape index (κ2) is 8.30. The molecular weight excluding hydrogens is 435 g/mol. The van der Waals surface area contributed by atoms with Crippen molar-refractivity contribution in [2.24, 2.45) is 0 Å². The number of nitrogen functional groups attached to an aromatic ring is 1. The van der Waals surface area contributed by atoms with Crippen LogP contribution in [0.4, 0.5) is 15.9 Å². The van der Waals surface area contributed by atoms with Crippen LogP contribution in [0, 0.1) is 5.82 Å². The number of rotatable bonds is 2. The molecule has 0 unspecified atom stereocenters. The number of nitrogens with two attached hydrogens (primary N) is 1. The standard InChI is InChI=1S/C25H29FN6O2/c1-14(2)32-25(34-4)22-15-10-21(23(27)28-12-15)31-9-5-6-20(31)18-11-16(26)7-8-17(18)24(33)30(3)13-19(22)29-32/h7-8,10-12,14,20H,5-6,9,13H2,1-4H3,(H2,27,28)/t20-/m1/s1. The predicted octanol–water partition coefficient (Wildman–Crippen LogP) is 4.18. The van der Waals surface area contributed by atoms with Crippen molar-refractivity contribution in [2.75, 3.05) is 31.3 Å². The quantitative estimate of drug-likeness (QED) is 0.612. The van der Waals surface area contributed by atoms with E-state index in [-0.39, 0.29) is 30.4 Å². The molecule has 2 aromatic heterocycles. The monoisotopic (exact) mass is 464 g/mol. The Bertz CT molecular complexity index is 1270. The highest BCUT2D eigenvalue weighted by Gasteiger charge is 2.34. The number of anilines is 2. The minimum Gasteiger partial charge on any atom is -0.481 e. The molecule has 1 fully saturated rings. The lowest BCUT2D eigenvalue weighted by molar-refractivity contribution is 0.0781. The average Bonchev–Trinajstić information content (AvgIpc) is 3.43. The SMILES string of the molecule is COc1c2c(nn1C(C)C)CN(C)C(=O)c1ccc(F)cc1[C@H]1CCCN1c1cc-2cnc1N. The summed E-state index contributed by atoms with van der Waals surface area (Å²) in [6.45, 7) is 5.04. The molecule has 0 aliphatic carbocycles. The van der Waals surface area contributed by atoms with E-state index in [2.05, 4.69) is 9.88 Å². The molecule has 0 spiro atoms. The second-order valence-corrected chi connectivity index (χ2v) is 9.24. The summed E-state index contributed by atoms with van der Waals surface area (Å²) in [6.07, 6.45) is 3.41. The Morgan fingerprint density at radius 2 is 2.06 bits per heavy atom. The van der Waals surface area contributed by atoms with Gasteiger partial charge in [0.25, 0.3) is 5.91 Å². The first-order valence-corrected chi connectivity index (χ1v) is 11.5. The van der Waals surface area contributed by atoms with Gasteiger partial charge in [0.1, 0.15) is 11.6 Å². The van der Waals surface area contributed by atoms with Gasteiger partial charge in [-0.05, 0) is 56.5 Å². The largest absolute Gasteiger partial charge is 0.481 e. The number of hydrogen-bond acceptors (Lipinski definition) is 6. The van der Waals surface area contributed by atoms with E-state index in [0.717, 1.165) is 36.2 Å². The lowest BCUT2D eigenvalue weighted by Gasteiger charge is -2.30. The zero-order valence-electron chi connectivity index (χ0n) is 19.9. The summed E-state index contributed by atoms with van der Waals surface area (Å²) in [5.41, 5.74) is 10.6. The highest BCUT2D eigenvalue weighted by molar-refractivity contribution is 5.96. The van der Waals surface area contributed by atoms with Crippen LogP contribution >= 0.6 is 0 Å². The molecular formula is C25H29FN6O2. The first kappa shape index (κ1) is 22.2. The molecule has 34 heavy (non-hydrogen) atoms. The van der Waals surface area contributed by atoms with Crippen molar-refractivity contribution in [3.63, 3.8) is 0 Å². The molecule has 1 atom stereocenters. The summed E-state index contributed by atoms with van der Waals surface area (Å²) in [6, 6.07) is 6.28. The zero-order valence-corrected chi connectivity index (χ0v) is 19.9. The molecule has 2 bridgehead atoms. The van der Waals surface area contributed by atoms with Gasteiger partial charge >= 0.3 is 0 Å². The fourth-order valence-corrected chi connectivity index (χ4v) is 5.12. The third kappa shape index (κ3) is 3.46. The normalized spacial score (nSPS) is 17.7. The number of amides is 1. The van der Waals surface area contributed by atoms with Gasteiger partial charge in [0, 0.05) is 30.9 Å². The first-order chi connectivity index (χ1) is 16.3. The molecule has 2 aliphatic heterocycles. The van der Waals surface area contributed by atoms with Crippen molar-refractivity contribution >= 4 is 17.4 Å². The van der Waals surface area contributed by atoms with Gasteiger partial charge in [0.2, 0.25) is 5.88 Å². The number of methoxy groups -OCH3 is 1. The van der Waals surface area contributed by atoms with E-state index in [1.165, 1.54) is 12.1 Å². The Kier molecular flexibility index (Phi) is 5.42. The minimum atomic E-state index is -0.365. The topological polar surface area (TPSA) is 89.5 Å². The molecule has 3 aromatic rings. The highest BCUT2D eigenvalue weighted by Crippen LogP contribution is 2.44. The number of pyridine rings is 1. The number of nitrogens with zero attached hydrogens (tertiary/aromatic N) is 5. The number of fused-ring (bicyclic) bond motifs is 8. The van der Waals surface area contributed by atoms with Crippen LogP contribution in [0.15, 0.2) is 30.5 Å². The summed E-state index contributed by atoms with van der Waals surface area (Å²) < 4.78 is 22.0. The zero-order chi connectivity index (χ0) is 24.1. The van der Waals surface area contributed by atoms with Crippen molar-refractivity contribution in [1.29, 1.82) is 0 Å². The van der Waals surface area contributed by atoms with E-state index in [1.54, 1.807) is 31.3 Å². The molecule has 4 heterocycles. The summed E-state index contributed by atoms with van der Waals surface area (Å²) in [4.78, 5) is 21.9. The number of carbonyl (C=O) groups is 1. The summed E-state index contributed by atoms with van der Waals surface area (Å²) >= 11 is 0. The lowest BCUT2D eigenvalue weighted by atomic mass is 9.96. The van der Waals surface area contributed by atoms with Gasteiger partial charge in [0.15, 0.2) is 0 Å². The third-order valence-electron chi connectivity index (χ3n) is 6.71. The van der Waals surface area contributed by atoms with Crippen LogP contribution in [0.25, 0.3) is 11.1 Å². The van der Waals surface area contributed by atoms with E-state index in [4.69, 9.17) is 15.6 Å². The van der Waals surface area contributed by atoms with E-state index >= 15 is 0 Å². The summed E-state index contributed by atoms with van der Waals surface area (Å²) in [5, 5.41) is 4.81. The number of benzene rings is 1. The summed E-state index contributed by atoms with van der Waals surface area (Å²) in [5.74, 6) is 0.462. The molecule has 1 saturated heterocycles. The van der Waals surface area contributed by atoms with E-state index in [0.29, 0.717) is 28.5 Å². The van der Waals surface area contributed by atoms with Crippen LogP contribution in [0.2, 0.25) is 0 Å². The van der Waals surface area contributed by atoms with Gasteiger partial charge in [-0.15, -0.1) is 0 Å². The van der Waals surface area contributed by atoms with Crippen LogP contribution in [-0.2, 0) is 6.54 Å². The highest BCUT2D eigenvalue weighted by atomic mass is 19.1. The minimum absolute atomic E-state index is 0.0482. The smallest absolute Gasteiger partial charge is 0.254 e. The number of hydrogen-bond donors (Lipinski definition) is 1. The maximum Gasteiger partial charge on any atom is 0.254 e. The molecule has 8 nitrogen and oxygen atoms in total. The van der Waals surface area contributed by atoms with Crippen molar-refractivity contribution in [2.45, 2.75) is 45.3 Å². The molecule has 2 aliphatic rings. The summed E-state index contributed by atoms with van der Waals surface area (Å²) in [7, 11) is 3.36. The number of carbonyl (C=O) groups excluding carboxylic acids is 1. The van der Waals surface area contributed by atoms with Gasteiger partial charge < -0.3 is 20.3 Å². The second-order valence-electron chi connectivity index (χ2n) is 9.24. The van der Waals surface area contributed by atoms with E-state index in [1.807, 2.05) is 24.6 Å². The Balaban J connectivity index is 1.80.